The molecule has 1 N–H and O–H groups in total. The summed E-state index contributed by atoms with van der Waals surface area (Å²) in [5.41, 5.74) is 9.05. The van der Waals surface area contributed by atoms with Gasteiger partial charge in [-0.25, -0.2) is 14.8 Å². The van der Waals surface area contributed by atoms with Crippen LogP contribution in [0.3, 0.4) is 0 Å². The van der Waals surface area contributed by atoms with Gasteiger partial charge in [0.2, 0.25) is 0 Å². The van der Waals surface area contributed by atoms with Gasteiger partial charge in [0.1, 0.15) is 11.0 Å². The van der Waals surface area contributed by atoms with Gasteiger partial charge in [-0.15, -0.1) is 11.3 Å². The third kappa shape index (κ3) is 4.23. The summed E-state index contributed by atoms with van der Waals surface area (Å²) in [6.07, 6.45) is 1.94. The maximum Gasteiger partial charge on any atom is 0.326 e. The Morgan fingerprint density at radius 1 is 0.789 bits per heavy atom. The quantitative estimate of drug-likeness (QED) is 0.283. The van der Waals surface area contributed by atoms with Crippen LogP contribution in [0.15, 0.2) is 94.4 Å². The maximum absolute atomic E-state index is 12.6. The van der Waals surface area contributed by atoms with Crippen molar-refractivity contribution in [2.45, 2.75) is 25.4 Å². The van der Waals surface area contributed by atoms with Crippen molar-refractivity contribution in [3.63, 3.8) is 0 Å². The number of H-pyrrole nitrogens is 1. The molecular weight excluding hydrogens is 490 g/mol. The average Bonchev–Trinajstić information content (AvgIpc) is 3.56. The molecular formula is C31H27N5OS. The number of hydrogen-bond donors (Lipinski definition) is 1. The highest BCUT2D eigenvalue weighted by atomic mass is 32.1. The third-order valence-corrected chi connectivity index (χ3v) is 8.26. The zero-order valence-electron chi connectivity index (χ0n) is 20.9. The zero-order chi connectivity index (χ0) is 25.5. The summed E-state index contributed by atoms with van der Waals surface area (Å²) in [6, 6.07) is 27.2. The second-order valence-electron chi connectivity index (χ2n) is 9.95. The van der Waals surface area contributed by atoms with E-state index >= 15 is 0 Å². The Bertz CT molecular complexity index is 1780. The lowest BCUT2D eigenvalue weighted by molar-refractivity contribution is 0.180. The first-order valence-corrected chi connectivity index (χ1v) is 14.0. The van der Waals surface area contributed by atoms with Crippen LogP contribution in [0, 0.1) is 0 Å². The van der Waals surface area contributed by atoms with Crippen molar-refractivity contribution in [3.8, 4) is 22.5 Å². The lowest BCUT2D eigenvalue weighted by atomic mass is 10.0. The topological polar surface area (TPSA) is 66.8 Å². The molecule has 4 heterocycles. The Hall–Kier alpha value is -4.07. The van der Waals surface area contributed by atoms with Crippen molar-refractivity contribution >= 4 is 33.4 Å². The normalized spacial score (nSPS) is 14.9. The van der Waals surface area contributed by atoms with Crippen LogP contribution in [-0.4, -0.2) is 37.5 Å². The number of benzene rings is 3. The highest BCUT2D eigenvalue weighted by Gasteiger charge is 2.23. The number of fused-ring (bicyclic) bond motifs is 2. The van der Waals surface area contributed by atoms with Crippen molar-refractivity contribution in [1.82, 2.24) is 24.4 Å². The number of rotatable bonds is 5. The molecule has 0 spiro atoms. The number of nitrogens with zero attached hydrogens (tertiary/aromatic N) is 4. The summed E-state index contributed by atoms with van der Waals surface area (Å²) in [5, 5.41) is 4.11. The SMILES string of the molecule is O=c1[nH]c2ccccc2n1C1CCN(Cc2ccc(-c3nc4cscc4nc3-c3ccccc3)cc2)CC1. The summed E-state index contributed by atoms with van der Waals surface area (Å²) >= 11 is 1.63. The zero-order valence-corrected chi connectivity index (χ0v) is 21.7. The molecule has 7 heteroatoms. The average molecular weight is 518 g/mol. The molecule has 3 aromatic heterocycles. The van der Waals surface area contributed by atoms with E-state index in [-0.39, 0.29) is 11.7 Å². The Balaban J connectivity index is 1.09. The molecule has 0 aliphatic carbocycles. The van der Waals surface area contributed by atoms with Gasteiger partial charge in [0, 0.05) is 47.6 Å². The number of piperidine rings is 1. The van der Waals surface area contributed by atoms with Crippen LogP contribution in [0.25, 0.3) is 44.6 Å². The van der Waals surface area contributed by atoms with Gasteiger partial charge in [0.05, 0.1) is 22.4 Å². The van der Waals surface area contributed by atoms with E-state index in [1.165, 1.54) is 5.56 Å². The van der Waals surface area contributed by atoms with Gasteiger partial charge in [-0.05, 0) is 30.5 Å². The van der Waals surface area contributed by atoms with Gasteiger partial charge in [-0.2, -0.15) is 0 Å². The number of thiophene rings is 1. The molecule has 1 aliphatic heterocycles. The highest BCUT2D eigenvalue weighted by molar-refractivity contribution is 7.09. The van der Waals surface area contributed by atoms with Gasteiger partial charge < -0.3 is 4.98 Å². The third-order valence-electron chi connectivity index (χ3n) is 7.54. The summed E-state index contributed by atoms with van der Waals surface area (Å²) in [7, 11) is 0. The van der Waals surface area contributed by atoms with Crippen molar-refractivity contribution in [3.05, 3.63) is 106 Å². The second-order valence-corrected chi connectivity index (χ2v) is 10.7. The Morgan fingerprint density at radius 2 is 1.42 bits per heavy atom. The molecule has 0 amide bonds. The monoisotopic (exact) mass is 517 g/mol. The number of aromatic nitrogens is 4. The first-order chi connectivity index (χ1) is 18.7. The summed E-state index contributed by atoms with van der Waals surface area (Å²) in [4.78, 5) is 28.1. The van der Waals surface area contributed by atoms with E-state index in [9.17, 15) is 4.79 Å². The largest absolute Gasteiger partial charge is 0.326 e. The van der Waals surface area contributed by atoms with Crippen LogP contribution >= 0.6 is 11.3 Å². The van der Waals surface area contributed by atoms with Crippen molar-refractivity contribution < 1.29 is 0 Å². The molecule has 7 rings (SSSR count). The van der Waals surface area contributed by atoms with E-state index in [0.29, 0.717) is 0 Å². The molecule has 6 aromatic rings. The minimum Gasteiger partial charge on any atom is -0.306 e. The van der Waals surface area contributed by atoms with E-state index in [1.54, 1.807) is 11.3 Å². The van der Waals surface area contributed by atoms with E-state index < -0.39 is 0 Å². The van der Waals surface area contributed by atoms with Gasteiger partial charge in [-0.3, -0.25) is 9.47 Å². The number of nitrogens with one attached hydrogen (secondary N) is 1. The molecule has 1 aliphatic rings. The first-order valence-electron chi connectivity index (χ1n) is 13.0. The van der Waals surface area contributed by atoms with Crippen molar-refractivity contribution in [2.24, 2.45) is 0 Å². The van der Waals surface area contributed by atoms with E-state index in [4.69, 9.17) is 9.97 Å². The molecule has 0 radical (unpaired) electrons. The minimum atomic E-state index is -0.00107. The fourth-order valence-corrected chi connectivity index (χ4v) is 6.27. The molecule has 0 saturated carbocycles. The van der Waals surface area contributed by atoms with E-state index in [0.717, 1.165) is 77.1 Å². The molecule has 3 aromatic carbocycles. The van der Waals surface area contributed by atoms with Crippen LogP contribution in [0.4, 0.5) is 0 Å². The van der Waals surface area contributed by atoms with Crippen LogP contribution < -0.4 is 5.69 Å². The van der Waals surface area contributed by atoms with Crippen LogP contribution in [0.5, 0.6) is 0 Å². The molecule has 38 heavy (non-hydrogen) atoms. The predicted octanol–water partition coefficient (Wildman–Crippen LogP) is 6.51. The number of para-hydroxylation sites is 2. The van der Waals surface area contributed by atoms with Crippen LogP contribution in [0.1, 0.15) is 24.4 Å². The van der Waals surface area contributed by atoms with Gasteiger partial charge in [0.15, 0.2) is 0 Å². The minimum absolute atomic E-state index is 0.00107. The lowest BCUT2D eigenvalue weighted by Crippen LogP contribution is -2.36. The van der Waals surface area contributed by atoms with E-state index in [1.807, 2.05) is 47.0 Å². The number of aromatic amines is 1. The summed E-state index contributed by atoms with van der Waals surface area (Å²) in [6.45, 7) is 2.84. The number of imidazole rings is 1. The fraction of sp³-hybridized carbons (Fsp3) is 0.194. The molecule has 0 atom stereocenters. The standard InChI is InChI=1S/C31H27N5OS/c37-31-34-25-8-4-5-9-28(25)36(31)24-14-16-35(17-15-24)18-21-10-12-23(13-11-21)30-29(22-6-2-1-3-7-22)32-26-19-38-20-27(26)33-30/h1-13,19-20,24H,14-18H2,(H,34,37). The molecule has 0 unspecified atom stereocenters. The smallest absolute Gasteiger partial charge is 0.306 e. The highest BCUT2D eigenvalue weighted by Crippen LogP contribution is 2.32. The fourth-order valence-electron chi connectivity index (χ4n) is 5.59. The molecule has 1 fully saturated rings. The molecule has 6 nitrogen and oxygen atoms in total. The Kier molecular flexibility index (Phi) is 5.87. The maximum atomic E-state index is 12.6. The molecule has 188 valence electrons. The summed E-state index contributed by atoms with van der Waals surface area (Å²) in [5.74, 6) is 0. The Morgan fingerprint density at radius 3 is 2.13 bits per heavy atom. The van der Waals surface area contributed by atoms with Crippen molar-refractivity contribution in [1.29, 1.82) is 0 Å². The number of hydrogen-bond acceptors (Lipinski definition) is 5. The van der Waals surface area contributed by atoms with E-state index in [2.05, 4.69) is 57.0 Å². The van der Waals surface area contributed by atoms with Crippen molar-refractivity contribution in [2.75, 3.05) is 13.1 Å². The summed E-state index contributed by atoms with van der Waals surface area (Å²) < 4.78 is 1.96. The van der Waals surface area contributed by atoms with Crippen LogP contribution in [-0.2, 0) is 6.54 Å². The number of likely N-dealkylation sites (tertiary alicyclic amines) is 1. The molecule has 0 bridgehead atoms. The van der Waals surface area contributed by atoms with Gasteiger partial charge in [-0.1, -0.05) is 66.7 Å². The predicted molar refractivity (Wildman–Crippen MR) is 154 cm³/mol. The first kappa shape index (κ1) is 23.1. The molecule has 1 saturated heterocycles. The van der Waals surface area contributed by atoms with Gasteiger partial charge in [0.25, 0.3) is 0 Å². The Labute approximate surface area is 224 Å². The lowest BCUT2D eigenvalue weighted by Gasteiger charge is -2.32. The van der Waals surface area contributed by atoms with Gasteiger partial charge >= 0.3 is 5.69 Å². The van der Waals surface area contributed by atoms with Crippen LogP contribution in [0.2, 0.25) is 0 Å². The second kappa shape index (κ2) is 9.67.